The largest absolute Gasteiger partial charge is 0.313 e. The zero-order valence-corrected chi connectivity index (χ0v) is 13.1. The first kappa shape index (κ1) is 14.7. The van der Waals surface area contributed by atoms with Crippen molar-refractivity contribution < 1.29 is 8.42 Å². The normalized spacial score (nSPS) is 37.9. The highest BCUT2D eigenvalue weighted by molar-refractivity contribution is 8.00. The van der Waals surface area contributed by atoms with Crippen LogP contribution in [0.2, 0.25) is 0 Å². The van der Waals surface area contributed by atoms with E-state index in [0.29, 0.717) is 10.8 Å². The molecule has 5 heteroatoms. The van der Waals surface area contributed by atoms with Crippen LogP contribution >= 0.6 is 11.8 Å². The second-order valence-corrected chi connectivity index (χ2v) is 10.1. The topological polar surface area (TPSA) is 46.2 Å². The van der Waals surface area contributed by atoms with Crippen LogP contribution in [0.4, 0.5) is 0 Å². The van der Waals surface area contributed by atoms with Gasteiger partial charge in [0.1, 0.15) is 9.84 Å². The Morgan fingerprint density at radius 2 is 2.11 bits per heavy atom. The van der Waals surface area contributed by atoms with Gasteiger partial charge in [0.15, 0.2) is 0 Å². The predicted molar refractivity (Wildman–Crippen MR) is 79.0 cm³/mol. The van der Waals surface area contributed by atoms with Crippen LogP contribution in [0.3, 0.4) is 0 Å². The van der Waals surface area contributed by atoms with Gasteiger partial charge in [-0.15, -0.1) is 0 Å². The summed E-state index contributed by atoms with van der Waals surface area (Å²) in [4.78, 5) is 0. The van der Waals surface area contributed by atoms with Crippen molar-refractivity contribution in [2.45, 2.75) is 61.5 Å². The molecule has 2 rings (SSSR count). The van der Waals surface area contributed by atoms with Crippen molar-refractivity contribution in [1.82, 2.24) is 5.32 Å². The molecule has 0 bridgehead atoms. The molecule has 1 N–H and O–H groups in total. The molecule has 1 aliphatic carbocycles. The molecule has 1 saturated heterocycles. The van der Waals surface area contributed by atoms with Crippen molar-refractivity contribution >= 4 is 21.6 Å². The fourth-order valence-corrected chi connectivity index (χ4v) is 5.49. The molecule has 18 heavy (non-hydrogen) atoms. The van der Waals surface area contributed by atoms with E-state index in [4.69, 9.17) is 0 Å². The molecular formula is C13H25NO2S2. The maximum absolute atomic E-state index is 11.6. The third kappa shape index (κ3) is 3.87. The number of nitrogens with one attached hydrogen (secondary N) is 1. The summed E-state index contributed by atoms with van der Waals surface area (Å²) in [6.07, 6.45) is 7.81. The van der Waals surface area contributed by atoms with E-state index >= 15 is 0 Å². The van der Waals surface area contributed by atoms with Gasteiger partial charge >= 0.3 is 0 Å². The average Bonchev–Trinajstić information content (AvgIpc) is 2.74. The first-order valence-corrected chi connectivity index (χ1v) is 9.89. The molecule has 2 aliphatic rings. The first-order valence-electron chi connectivity index (χ1n) is 6.95. The molecule has 1 saturated carbocycles. The standard InChI is InChI=1S/C13H25NO2S2/c1-13(7-4-8-17-13)10-14-11-5-3-6-12(9-11)18(2,15)16/h11-12,14H,3-10H2,1-2H3. The third-order valence-corrected chi connectivity index (χ3v) is 7.47. The Morgan fingerprint density at radius 3 is 2.72 bits per heavy atom. The maximum atomic E-state index is 11.6. The van der Waals surface area contributed by atoms with Gasteiger partial charge in [-0.3, -0.25) is 0 Å². The molecule has 3 unspecified atom stereocenters. The summed E-state index contributed by atoms with van der Waals surface area (Å²) in [6.45, 7) is 3.35. The van der Waals surface area contributed by atoms with E-state index in [-0.39, 0.29) is 5.25 Å². The quantitative estimate of drug-likeness (QED) is 0.863. The number of sulfone groups is 1. The Morgan fingerprint density at radius 1 is 1.33 bits per heavy atom. The van der Waals surface area contributed by atoms with E-state index in [1.807, 2.05) is 0 Å². The molecule has 106 valence electrons. The van der Waals surface area contributed by atoms with Gasteiger partial charge in [-0.25, -0.2) is 8.42 Å². The Balaban J connectivity index is 1.83. The molecular weight excluding hydrogens is 266 g/mol. The van der Waals surface area contributed by atoms with Gasteiger partial charge in [-0.1, -0.05) is 6.42 Å². The Kier molecular flexibility index (Phi) is 4.66. The lowest BCUT2D eigenvalue weighted by Crippen LogP contribution is -2.43. The van der Waals surface area contributed by atoms with Gasteiger partial charge in [-0.05, 0) is 44.8 Å². The predicted octanol–water partition coefficient (Wildman–Crippen LogP) is 2.22. The van der Waals surface area contributed by atoms with Crippen LogP contribution < -0.4 is 5.32 Å². The number of hydrogen-bond acceptors (Lipinski definition) is 4. The van der Waals surface area contributed by atoms with Crippen LogP contribution in [-0.2, 0) is 9.84 Å². The van der Waals surface area contributed by atoms with E-state index in [2.05, 4.69) is 24.0 Å². The van der Waals surface area contributed by atoms with Gasteiger partial charge < -0.3 is 5.32 Å². The lowest BCUT2D eigenvalue weighted by molar-refractivity contribution is 0.358. The highest BCUT2D eigenvalue weighted by Crippen LogP contribution is 2.37. The summed E-state index contributed by atoms with van der Waals surface area (Å²) in [6, 6.07) is 0.400. The summed E-state index contributed by atoms with van der Waals surface area (Å²) in [5, 5.41) is 3.50. The second kappa shape index (κ2) is 5.71. The summed E-state index contributed by atoms with van der Waals surface area (Å²) >= 11 is 2.06. The highest BCUT2D eigenvalue weighted by atomic mass is 32.2. The Bertz CT molecular complexity index is 374. The van der Waals surface area contributed by atoms with Crippen LogP contribution in [0.1, 0.15) is 45.4 Å². The van der Waals surface area contributed by atoms with Crippen molar-refractivity contribution in [3.8, 4) is 0 Å². The Labute approximate surface area is 115 Å². The second-order valence-electron chi connectivity index (χ2n) is 6.10. The van der Waals surface area contributed by atoms with Crippen LogP contribution in [0.5, 0.6) is 0 Å². The number of thioether (sulfide) groups is 1. The molecule has 3 atom stereocenters. The minimum Gasteiger partial charge on any atom is -0.313 e. The molecule has 3 nitrogen and oxygen atoms in total. The zero-order valence-electron chi connectivity index (χ0n) is 11.4. The van der Waals surface area contributed by atoms with Gasteiger partial charge in [0.05, 0.1) is 5.25 Å². The SMILES string of the molecule is CC1(CNC2CCCC(S(C)(=O)=O)C2)CCCS1. The third-order valence-electron chi connectivity index (χ3n) is 4.30. The van der Waals surface area contributed by atoms with E-state index < -0.39 is 9.84 Å². The summed E-state index contributed by atoms with van der Waals surface area (Å²) in [5.41, 5.74) is 0. The minimum absolute atomic E-state index is 0.118. The zero-order chi connectivity index (χ0) is 13.2. The maximum Gasteiger partial charge on any atom is 0.150 e. The van der Waals surface area contributed by atoms with E-state index in [1.54, 1.807) is 0 Å². The average molecular weight is 291 g/mol. The van der Waals surface area contributed by atoms with Crippen LogP contribution in [0.15, 0.2) is 0 Å². The molecule has 0 aromatic heterocycles. The molecule has 0 radical (unpaired) electrons. The van der Waals surface area contributed by atoms with Crippen molar-refractivity contribution in [1.29, 1.82) is 0 Å². The number of rotatable bonds is 4. The monoisotopic (exact) mass is 291 g/mol. The summed E-state index contributed by atoms with van der Waals surface area (Å²) in [7, 11) is -2.86. The number of hydrogen-bond donors (Lipinski definition) is 1. The summed E-state index contributed by atoms with van der Waals surface area (Å²) in [5.74, 6) is 1.27. The molecule has 0 aromatic carbocycles. The molecule has 0 aromatic rings. The molecule has 1 heterocycles. The minimum atomic E-state index is -2.86. The first-order chi connectivity index (χ1) is 8.39. The summed E-state index contributed by atoms with van der Waals surface area (Å²) < 4.78 is 23.6. The lowest BCUT2D eigenvalue weighted by atomic mass is 9.94. The molecule has 2 fully saturated rings. The van der Waals surface area contributed by atoms with Crippen molar-refractivity contribution in [2.75, 3.05) is 18.6 Å². The van der Waals surface area contributed by atoms with E-state index in [0.717, 1.165) is 32.2 Å². The van der Waals surface area contributed by atoms with Crippen LogP contribution in [0.25, 0.3) is 0 Å². The highest BCUT2D eigenvalue weighted by Gasteiger charge is 2.32. The smallest absolute Gasteiger partial charge is 0.150 e. The fraction of sp³-hybridized carbons (Fsp3) is 1.00. The van der Waals surface area contributed by atoms with Crippen LogP contribution in [-0.4, -0.2) is 43.0 Å². The molecule has 1 aliphatic heterocycles. The van der Waals surface area contributed by atoms with Gasteiger partial charge in [0.2, 0.25) is 0 Å². The van der Waals surface area contributed by atoms with Crippen LogP contribution in [0, 0.1) is 0 Å². The van der Waals surface area contributed by atoms with Crippen molar-refractivity contribution in [3.05, 3.63) is 0 Å². The van der Waals surface area contributed by atoms with Crippen molar-refractivity contribution in [2.24, 2.45) is 0 Å². The molecule has 0 amide bonds. The van der Waals surface area contributed by atoms with E-state index in [1.165, 1.54) is 24.9 Å². The Hall–Kier alpha value is 0.260. The van der Waals surface area contributed by atoms with Gasteiger partial charge in [-0.2, -0.15) is 11.8 Å². The fourth-order valence-electron chi connectivity index (χ4n) is 3.06. The van der Waals surface area contributed by atoms with E-state index in [9.17, 15) is 8.42 Å². The molecule has 0 spiro atoms. The van der Waals surface area contributed by atoms with Gasteiger partial charge in [0, 0.05) is 23.6 Å². The van der Waals surface area contributed by atoms with Gasteiger partial charge in [0.25, 0.3) is 0 Å². The van der Waals surface area contributed by atoms with Crippen molar-refractivity contribution in [3.63, 3.8) is 0 Å². The lowest BCUT2D eigenvalue weighted by Gasteiger charge is -2.32.